The lowest BCUT2D eigenvalue weighted by molar-refractivity contribution is 0.103. The number of ketones is 1. The van der Waals surface area contributed by atoms with Crippen molar-refractivity contribution in [2.75, 3.05) is 10.6 Å². The van der Waals surface area contributed by atoms with Gasteiger partial charge in [0.05, 0.1) is 11.4 Å². The lowest BCUT2D eigenvalue weighted by Gasteiger charge is -2.12. The van der Waals surface area contributed by atoms with Gasteiger partial charge in [0.15, 0.2) is 5.78 Å². The summed E-state index contributed by atoms with van der Waals surface area (Å²) in [5.74, 6) is -1.71. The average molecular weight is 352 g/mol. The molecule has 0 aliphatic heterocycles. The summed E-state index contributed by atoms with van der Waals surface area (Å²) < 4.78 is 26.8. The standard InChI is InChI=1S/C20H14F2N2O2/c21-14-10-11-16(22)18(12-14)24-20(26)23-17-9-5-4-8-15(17)19(25)13-6-2-1-3-7-13/h1-12H,(H2,23,24,26). The van der Waals surface area contributed by atoms with E-state index in [1.165, 1.54) is 0 Å². The first-order chi connectivity index (χ1) is 12.5. The minimum absolute atomic E-state index is 0.260. The Morgan fingerprint density at radius 2 is 1.38 bits per heavy atom. The maximum atomic E-state index is 13.6. The van der Waals surface area contributed by atoms with Gasteiger partial charge in [0.25, 0.3) is 0 Å². The van der Waals surface area contributed by atoms with Crippen LogP contribution < -0.4 is 10.6 Å². The number of carbonyl (C=O) groups is 2. The summed E-state index contributed by atoms with van der Waals surface area (Å²) in [5, 5.41) is 4.73. The Balaban J connectivity index is 1.81. The van der Waals surface area contributed by atoms with Gasteiger partial charge in [-0.15, -0.1) is 0 Å². The number of benzene rings is 3. The van der Waals surface area contributed by atoms with E-state index in [1.807, 2.05) is 0 Å². The van der Waals surface area contributed by atoms with Gasteiger partial charge in [-0.2, -0.15) is 0 Å². The monoisotopic (exact) mass is 352 g/mol. The van der Waals surface area contributed by atoms with Gasteiger partial charge < -0.3 is 10.6 Å². The molecule has 0 aliphatic carbocycles. The number of halogens is 2. The molecule has 3 rings (SSSR count). The largest absolute Gasteiger partial charge is 0.323 e. The fraction of sp³-hybridized carbons (Fsp3) is 0. The molecule has 0 saturated carbocycles. The van der Waals surface area contributed by atoms with Gasteiger partial charge in [0.2, 0.25) is 0 Å². The van der Waals surface area contributed by atoms with Crippen LogP contribution in [0.5, 0.6) is 0 Å². The summed E-state index contributed by atoms with van der Waals surface area (Å²) >= 11 is 0. The number of anilines is 2. The van der Waals surface area contributed by atoms with Crippen molar-refractivity contribution >= 4 is 23.2 Å². The van der Waals surface area contributed by atoms with E-state index in [0.717, 1.165) is 18.2 Å². The second-order valence-electron chi connectivity index (χ2n) is 5.44. The highest BCUT2D eigenvalue weighted by atomic mass is 19.1. The molecular formula is C20H14F2N2O2. The maximum Gasteiger partial charge on any atom is 0.323 e. The van der Waals surface area contributed by atoms with Gasteiger partial charge in [0, 0.05) is 17.2 Å². The predicted molar refractivity (Wildman–Crippen MR) is 95.3 cm³/mol. The molecule has 6 heteroatoms. The number of urea groups is 1. The third-order valence-electron chi connectivity index (χ3n) is 3.63. The number of rotatable bonds is 4. The van der Waals surface area contributed by atoms with E-state index in [-0.39, 0.29) is 22.7 Å². The molecule has 3 aromatic rings. The number of hydrogen-bond donors (Lipinski definition) is 2. The summed E-state index contributed by atoms with van der Waals surface area (Å²) in [4.78, 5) is 24.8. The maximum absolute atomic E-state index is 13.6. The molecular weight excluding hydrogens is 338 g/mol. The van der Waals surface area contributed by atoms with E-state index >= 15 is 0 Å². The van der Waals surface area contributed by atoms with E-state index in [2.05, 4.69) is 10.6 Å². The third-order valence-corrected chi connectivity index (χ3v) is 3.63. The minimum Gasteiger partial charge on any atom is -0.307 e. The summed E-state index contributed by atoms with van der Waals surface area (Å²) in [5.41, 5.74) is 0.719. The zero-order valence-corrected chi connectivity index (χ0v) is 13.5. The van der Waals surface area contributed by atoms with Crippen molar-refractivity contribution < 1.29 is 18.4 Å². The Morgan fingerprint density at radius 3 is 2.15 bits per heavy atom. The molecule has 3 aromatic carbocycles. The summed E-state index contributed by atoms with van der Waals surface area (Å²) in [6, 6.07) is 17.0. The first-order valence-electron chi connectivity index (χ1n) is 7.76. The van der Waals surface area contributed by atoms with Gasteiger partial charge in [-0.1, -0.05) is 42.5 Å². The Hall–Kier alpha value is -3.54. The molecule has 0 radical (unpaired) electrons. The average Bonchev–Trinajstić information content (AvgIpc) is 2.65. The normalized spacial score (nSPS) is 10.2. The van der Waals surface area contributed by atoms with Gasteiger partial charge in [0.1, 0.15) is 11.6 Å². The molecule has 0 bridgehead atoms. The predicted octanol–water partition coefficient (Wildman–Crippen LogP) is 4.84. The molecule has 0 fully saturated rings. The quantitative estimate of drug-likeness (QED) is 0.660. The lowest BCUT2D eigenvalue weighted by Crippen LogP contribution is -2.21. The molecule has 0 atom stereocenters. The van der Waals surface area contributed by atoms with E-state index < -0.39 is 17.7 Å². The number of hydrogen-bond acceptors (Lipinski definition) is 2. The first-order valence-corrected chi connectivity index (χ1v) is 7.76. The van der Waals surface area contributed by atoms with Crippen molar-refractivity contribution in [2.24, 2.45) is 0 Å². The highest BCUT2D eigenvalue weighted by Crippen LogP contribution is 2.20. The van der Waals surface area contributed by atoms with Crippen molar-refractivity contribution in [3.63, 3.8) is 0 Å². The van der Waals surface area contributed by atoms with Crippen LogP contribution in [-0.4, -0.2) is 11.8 Å². The fourth-order valence-electron chi connectivity index (χ4n) is 2.40. The molecule has 0 unspecified atom stereocenters. The molecule has 4 nitrogen and oxygen atoms in total. The van der Waals surface area contributed by atoms with Crippen LogP contribution in [0.4, 0.5) is 25.0 Å². The van der Waals surface area contributed by atoms with Crippen LogP contribution in [0.3, 0.4) is 0 Å². The minimum atomic E-state index is -0.789. The Labute approximate surface area is 148 Å². The summed E-state index contributed by atoms with van der Waals surface area (Å²) in [6.45, 7) is 0. The second kappa shape index (κ2) is 7.57. The number of para-hydroxylation sites is 1. The van der Waals surface area contributed by atoms with Crippen LogP contribution in [0.25, 0.3) is 0 Å². The Kier molecular flexibility index (Phi) is 5.03. The molecule has 26 heavy (non-hydrogen) atoms. The van der Waals surface area contributed by atoms with Crippen LogP contribution in [0.15, 0.2) is 72.8 Å². The number of amides is 2. The van der Waals surface area contributed by atoms with Gasteiger partial charge in [-0.05, 0) is 24.3 Å². The Morgan fingerprint density at radius 1 is 0.731 bits per heavy atom. The molecule has 0 spiro atoms. The van der Waals surface area contributed by atoms with Crippen molar-refractivity contribution in [1.29, 1.82) is 0 Å². The Bertz CT molecular complexity index is 959. The van der Waals surface area contributed by atoms with Crippen molar-refractivity contribution in [1.82, 2.24) is 0 Å². The van der Waals surface area contributed by atoms with Crippen molar-refractivity contribution in [3.8, 4) is 0 Å². The van der Waals surface area contributed by atoms with Crippen LogP contribution >= 0.6 is 0 Å². The van der Waals surface area contributed by atoms with Crippen LogP contribution in [0.2, 0.25) is 0 Å². The molecule has 0 saturated heterocycles. The highest BCUT2D eigenvalue weighted by molar-refractivity contribution is 6.14. The first kappa shape index (κ1) is 17.3. The van der Waals surface area contributed by atoms with Crippen molar-refractivity contribution in [2.45, 2.75) is 0 Å². The highest BCUT2D eigenvalue weighted by Gasteiger charge is 2.15. The van der Waals surface area contributed by atoms with Crippen LogP contribution in [-0.2, 0) is 0 Å². The summed E-state index contributed by atoms with van der Waals surface area (Å²) in [7, 11) is 0. The third kappa shape index (κ3) is 3.92. The number of nitrogens with one attached hydrogen (secondary N) is 2. The van der Waals surface area contributed by atoms with Gasteiger partial charge >= 0.3 is 6.03 Å². The van der Waals surface area contributed by atoms with Gasteiger partial charge in [-0.3, -0.25) is 4.79 Å². The van der Waals surface area contributed by atoms with E-state index in [1.54, 1.807) is 54.6 Å². The smallest absolute Gasteiger partial charge is 0.307 e. The summed E-state index contributed by atoms with van der Waals surface area (Å²) in [6.07, 6.45) is 0. The van der Waals surface area contributed by atoms with E-state index in [0.29, 0.717) is 5.56 Å². The zero-order valence-electron chi connectivity index (χ0n) is 13.5. The van der Waals surface area contributed by atoms with E-state index in [9.17, 15) is 18.4 Å². The second-order valence-corrected chi connectivity index (χ2v) is 5.44. The van der Waals surface area contributed by atoms with Crippen LogP contribution in [0, 0.1) is 11.6 Å². The molecule has 2 amide bonds. The van der Waals surface area contributed by atoms with Gasteiger partial charge in [-0.25, -0.2) is 13.6 Å². The fourth-order valence-corrected chi connectivity index (χ4v) is 2.40. The molecule has 2 N–H and O–H groups in total. The molecule has 0 aromatic heterocycles. The number of carbonyl (C=O) groups excluding carboxylic acids is 2. The van der Waals surface area contributed by atoms with Crippen LogP contribution in [0.1, 0.15) is 15.9 Å². The zero-order chi connectivity index (χ0) is 18.5. The van der Waals surface area contributed by atoms with Crippen molar-refractivity contribution in [3.05, 3.63) is 95.6 Å². The molecule has 130 valence electrons. The SMILES string of the molecule is O=C(Nc1cc(F)ccc1F)Nc1ccccc1C(=O)c1ccccc1. The topological polar surface area (TPSA) is 58.2 Å². The molecule has 0 heterocycles. The lowest BCUT2D eigenvalue weighted by atomic mass is 10.0. The molecule has 0 aliphatic rings. The van der Waals surface area contributed by atoms with E-state index in [4.69, 9.17) is 0 Å².